The second-order valence-electron chi connectivity index (χ2n) is 9.73. The molecule has 2 N–H and O–H groups in total. The Morgan fingerprint density at radius 1 is 1.07 bits per heavy atom. The first-order chi connectivity index (χ1) is 14.3. The second kappa shape index (κ2) is 8.04. The minimum Gasteiger partial charge on any atom is -0.393 e. The predicted molar refractivity (Wildman–Crippen MR) is 115 cm³/mol. The molecule has 4 heteroatoms. The van der Waals surface area contributed by atoms with Gasteiger partial charge >= 0.3 is 0 Å². The van der Waals surface area contributed by atoms with E-state index in [9.17, 15) is 10.4 Å². The van der Waals surface area contributed by atoms with Crippen LogP contribution in [0.5, 0.6) is 0 Å². The largest absolute Gasteiger partial charge is 0.393 e. The Morgan fingerprint density at radius 3 is 2.47 bits per heavy atom. The van der Waals surface area contributed by atoms with Gasteiger partial charge < -0.3 is 5.11 Å². The first kappa shape index (κ1) is 20.9. The highest BCUT2D eigenvalue weighted by atomic mass is 16.5. The molecule has 0 saturated heterocycles. The van der Waals surface area contributed by atoms with Crippen LogP contribution in [0.25, 0.3) is 0 Å². The molecule has 3 aliphatic rings. The standard InChI is InChI=1S/C20H25NO.C6H8NO/c1-12-13(11-21)3-4-15-14(12)5-6-17-16(15)9-10-20(2)18(17)7-8-19(20)22;1-6-2-4-7(8)5-3-6/h3-4,16-19,22H,5-10H2,1-2H3;2-5,8H,1H3/q;+1/t16?,17?,18?,19-,20-;/m0./s1. The molecule has 5 rings (SSSR count). The molecule has 0 bridgehead atoms. The van der Waals surface area contributed by atoms with Crippen molar-refractivity contribution in [2.75, 3.05) is 0 Å². The number of pyridine rings is 1. The maximum atomic E-state index is 10.4. The summed E-state index contributed by atoms with van der Waals surface area (Å²) in [6, 6.07) is 10.2. The van der Waals surface area contributed by atoms with Crippen LogP contribution in [0.3, 0.4) is 0 Å². The van der Waals surface area contributed by atoms with Crippen LogP contribution in [0.15, 0.2) is 36.7 Å². The van der Waals surface area contributed by atoms with E-state index >= 15 is 0 Å². The third-order valence-corrected chi connectivity index (χ3v) is 8.25. The van der Waals surface area contributed by atoms with Gasteiger partial charge in [0.1, 0.15) is 0 Å². The van der Waals surface area contributed by atoms with E-state index in [4.69, 9.17) is 5.21 Å². The van der Waals surface area contributed by atoms with Gasteiger partial charge in [0.2, 0.25) is 12.4 Å². The van der Waals surface area contributed by atoms with Crippen LogP contribution in [-0.4, -0.2) is 16.4 Å². The quantitative estimate of drug-likeness (QED) is 0.497. The highest BCUT2D eigenvalue weighted by Gasteiger charge is 2.54. The van der Waals surface area contributed by atoms with Crippen molar-refractivity contribution in [3.05, 3.63) is 64.5 Å². The van der Waals surface area contributed by atoms with Gasteiger partial charge in [0.25, 0.3) is 0 Å². The number of fused-ring (bicyclic) bond motifs is 5. The van der Waals surface area contributed by atoms with Crippen LogP contribution in [-0.2, 0) is 6.42 Å². The average molecular weight is 406 g/mol. The minimum atomic E-state index is -0.0949. The summed E-state index contributed by atoms with van der Waals surface area (Å²) in [6.45, 7) is 6.41. The van der Waals surface area contributed by atoms with Crippen molar-refractivity contribution in [3.8, 4) is 6.07 Å². The van der Waals surface area contributed by atoms with E-state index in [1.165, 1.54) is 36.0 Å². The summed E-state index contributed by atoms with van der Waals surface area (Å²) in [5, 5.41) is 28.4. The van der Waals surface area contributed by atoms with Crippen LogP contribution in [0.1, 0.15) is 72.8 Å². The van der Waals surface area contributed by atoms with Gasteiger partial charge in [-0.15, -0.1) is 0 Å². The van der Waals surface area contributed by atoms with E-state index in [1.807, 2.05) is 25.1 Å². The average Bonchev–Trinajstić information content (AvgIpc) is 3.05. The van der Waals surface area contributed by atoms with Gasteiger partial charge in [-0.25, -0.2) is 0 Å². The van der Waals surface area contributed by atoms with Crippen LogP contribution >= 0.6 is 0 Å². The Kier molecular flexibility index (Phi) is 5.59. The van der Waals surface area contributed by atoms with Gasteiger partial charge in [-0.2, -0.15) is 5.26 Å². The molecule has 158 valence electrons. The Bertz CT molecular complexity index is 941. The molecule has 2 fully saturated rings. The molecule has 0 spiro atoms. The lowest BCUT2D eigenvalue weighted by Gasteiger charge is -2.50. The summed E-state index contributed by atoms with van der Waals surface area (Å²) in [5.41, 5.74) is 6.31. The van der Waals surface area contributed by atoms with E-state index in [-0.39, 0.29) is 11.5 Å². The molecule has 3 unspecified atom stereocenters. The number of aliphatic hydroxyl groups excluding tert-OH is 1. The molecule has 2 aromatic rings. The van der Waals surface area contributed by atoms with E-state index in [2.05, 4.69) is 26.0 Å². The van der Waals surface area contributed by atoms with Crippen LogP contribution in [0, 0.1) is 42.4 Å². The number of nitriles is 1. The molecule has 0 amide bonds. The van der Waals surface area contributed by atoms with E-state index in [0.29, 0.717) is 11.8 Å². The monoisotopic (exact) mass is 405 g/mol. The summed E-state index contributed by atoms with van der Waals surface area (Å²) in [4.78, 5) is 0. The number of hydrogen-bond acceptors (Lipinski definition) is 3. The molecule has 1 heterocycles. The third kappa shape index (κ3) is 3.50. The van der Waals surface area contributed by atoms with Crippen molar-refractivity contribution in [2.45, 2.75) is 71.3 Å². The van der Waals surface area contributed by atoms with Crippen LogP contribution < -0.4 is 4.73 Å². The normalized spacial score (nSPS) is 31.4. The molecule has 0 radical (unpaired) electrons. The highest BCUT2D eigenvalue weighted by molar-refractivity contribution is 5.49. The summed E-state index contributed by atoms with van der Waals surface area (Å²) in [6.07, 6.45) is 9.98. The van der Waals surface area contributed by atoms with E-state index < -0.39 is 0 Å². The molecule has 30 heavy (non-hydrogen) atoms. The van der Waals surface area contributed by atoms with Gasteiger partial charge in [-0.1, -0.05) is 13.0 Å². The van der Waals surface area contributed by atoms with E-state index in [1.54, 1.807) is 12.4 Å². The van der Waals surface area contributed by atoms with Crippen LogP contribution in [0.4, 0.5) is 0 Å². The maximum absolute atomic E-state index is 10.4. The van der Waals surface area contributed by atoms with Crippen molar-refractivity contribution in [1.82, 2.24) is 0 Å². The van der Waals surface area contributed by atoms with Gasteiger partial charge in [-0.05, 0) is 104 Å². The summed E-state index contributed by atoms with van der Waals surface area (Å²) in [7, 11) is 0. The van der Waals surface area contributed by atoms with Crippen molar-refractivity contribution in [1.29, 1.82) is 5.26 Å². The smallest absolute Gasteiger partial charge is 0.222 e. The molecule has 0 aliphatic heterocycles. The second-order valence-corrected chi connectivity index (χ2v) is 9.73. The summed E-state index contributed by atoms with van der Waals surface area (Å²) >= 11 is 0. The van der Waals surface area contributed by atoms with Crippen molar-refractivity contribution in [2.24, 2.45) is 17.3 Å². The van der Waals surface area contributed by atoms with E-state index in [0.717, 1.165) is 41.0 Å². The van der Waals surface area contributed by atoms with Crippen molar-refractivity contribution in [3.63, 3.8) is 0 Å². The number of nitrogens with zero attached hydrogens (tertiary/aromatic N) is 2. The third-order valence-electron chi connectivity index (χ3n) is 8.25. The van der Waals surface area contributed by atoms with Crippen molar-refractivity contribution < 1.29 is 15.0 Å². The topological polar surface area (TPSA) is 68.1 Å². The summed E-state index contributed by atoms with van der Waals surface area (Å²) in [5.74, 6) is 2.07. The SMILES string of the molecule is Cc1c(C#N)ccc2c1CCC1C2CC[C@@]2(C)C1CC[C@@H]2O.Cc1cc[n+](O)cc1. The van der Waals surface area contributed by atoms with Gasteiger partial charge in [0.15, 0.2) is 0 Å². The maximum Gasteiger partial charge on any atom is 0.222 e. The number of benzene rings is 1. The lowest BCUT2D eigenvalue weighted by Crippen LogP contribution is -2.44. The molecule has 1 aromatic heterocycles. The lowest BCUT2D eigenvalue weighted by molar-refractivity contribution is -0.904. The number of rotatable bonds is 0. The van der Waals surface area contributed by atoms with Gasteiger partial charge in [0.05, 0.1) is 17.7 Å². The highest BCUT2D eigenvalue weighted by Crippen LogP contribution is 2.61. The molecule has 4 nitrogen and oxygen atoms in total. The van der Waals surface area contributed by atoms with Crippen molar-refractivity contribution >= 4 is 0 Å². The predicted octanol–water partition coefficient (Wildman–Crippen LogP) is 4.60. The van der Waals surface area contributed by atoms with Crippen LogP contribution in [0.2, 0.25) is 0 Å². The number of aryl methyl sites for hydroxylation is 1. The Hall–Kier alpha value is -2.38. The zero-order valence-corrected chi connectivity index (χ0v) is 18.3. The Balaban J connectivity index is 0.000000230. The molecule has 3 aliphatic carbocycles. The number of aromatic nitrogens is 1. The van der Waals surface area contributed by atoms with Gasteiger partial charge in [-0.3, -0.25) is 5.21 Å². The fourth-order valence-corrected chi connectivity index (χ4v) is 6.43. The minimum absolute atomic E-state index is 0.0949. The fourth-order valence-electron chi connectivity index (χ4n) is 6.43. The molecule has 5 atom stereocenters. The molecular formula is C26H33N2O2+. The first-order valence-corrected chi connectivity index (χ1v) is 11.2. The Morgan fingerprint density at radius 2 is 1.80 bits per heavy atom. The number of aliphatic hydroxyl groups is 1. The zero-order chi connectivity index (χ0) is 21.5. The lowest BCUT2D eigenvalue weighted by atomic mass is 9.55. The zero-order valence-electron chi connectivity index (χ0n) is 18.3. The fraction of sp³-hybridized carbons (Fsp3) is 0.538. The first-order valence-electron chi connectivity index (χ1n) is 11.2. The molecule has 2 saturated carbocycles. The van der Waals surface area contributed by atoms with Gasteiger partial charge in [0, 0.05) is 16.9 Å². The molecule has 1 aromatic carbocycles. The summed E-state index contributed by atoms with van der Waals surface area (Å²) < 4.78 is 1.02. The Labute approximate surface area is 179 Å². The molecular weight excluding hydrogens is 372 g/mol. The number of hydrogen-bond donors (Lipinski definition) is 2.